The molecule has 7 nitrogen and oxygen atoms in total. The summed E-state index contributed by atoms with van der Waals surface area (Å²) in [5.74, 6) is 0.286. The lowest BCUT2D eigenvalue weighted by molar-refractivity contribution is 0.0405. The summed E-state index contributed by atoms with van der Waals surface area (Å²) >= 11 is 0. The van der Waals surface area contributed by atoms with Crippen LogP contribution in [0.15, 0.2) is 11.1 Å². The van der Waals surface area contributed by atoms with Crippen LogP contribution < -0.4 is 5.56 Å². The Kier molecular flexibility index (Phi) is 3.12. The van der Waals surface area contributed by atoms with Crippen molar-refractivity contribution >= 4 is 11.2 Å². The summed E-state index contributed by atoms with van der Waals surface area (Å²) in [6, 6.07) is 0. The number of aromatic amines is 1. The molecule has 0 saturated heterocycles. The quantitative estimate of drug-likeness (QED) is 0.877. The van der Waals surface area contributed by atoms with Gasteiger partial charge in [-0.1, -0.05) is 26.0 Å². The maximum absolute atomic E-state index is 11.7. The molecule has 1 aliphatic rings. The van der Waals surface area contributed by atoms with Crippen molar-refractivity contribution in [3.05, 3.63) is 16.7 Å². The molecule has 0 unspecified atom stereocenters. The molecule has 0 spiro atoms. The lowest BCUT2D eigenvalue weighted by Gasteiger charge is -2.41. The van der Waals surface area contributed by atoms with E-state index >= 15 is 0 Å². The summed E-state index contributed by atoms with van der Waals surface area (Å²) in [6.45, 7) is 7.45. The van der Waals surface area contributed by atoms with Gasteiger partial charge in [-0.25, -0.2) is 9.67 Å². The van der Waals surface area contributed by atoms with Gasteiger partial charge in [-0.15, -0.1) is 5.10 Å². The van der Waals surface area contributed by atoms with Gasteiger partial charge in [0.05, 0.1) is 12.9 Å². The van der Waals surface area contributed by atoms with E-state index in [0.29, 0.717) is 12.2 Å². The number of H-pyrrole nitrogens is 1. The van der Waals surface area contributed by atoms with Crippen molar-refractivity contribution < 1.29 is 5.11 Å². The fraction of sp³-hybridized carbons (Fsp3) is 0.714. The largest absolute Gasteiger partial charge is 0.396 e. The van der Waals surface area contributed by atoms with E-state index in [0.717, 1.165) is 12.8 Å². The average molecular weight is 291 g/mol. The van der Waals surface area contributed by atoms with Gasteiger partial charge in [0.15, 0.2) is 11.2 Å². The van der Waals surface area contributed by atoms with Gasteiger partial charge in [0.25, 0.3) is 5.56 Å². The van der Waals surface area contributed by atoms with E-state index in [9.17, 15) is 9.90 Å². The van der Waals surface area contributed by atoms with Gasteiger partial charge in [0.2, 0.25) is 0 Å². The molecule has 0 radical (unpaired) electrons. The third-order valence-electron chi connectivity index (χ3n) is 5.65. The predicted molar refractivity (Wildman–Crippen MR) is 77.6 cm³/mol. The number of hydrogen-bond donors (Lipinski definition) is 2. The summed E-state index contributed by atoms with van der Waals surface area (Å²) in [4.78, 5) is 18.4. The van der Waals surface area contributed by atoms with Crippen molar-refractivity contribution in [1.82, 2.24) is 25.0 Å². The first-order valence-electron chi connectivity index (χ1n) is 7.27. The SMILES string of the molecule is CC1(C)[C@@H](CO)CC[C@@]1(C)Cn1nnc2c(=O)[nH]cnc21. The number of hydrogen-bond acceptors (Lipinski definition) is 5. The summed E-state index contributed by atoms with van der Waals surface area (Å²) < 4.78 is 1.71. The number of nitrogens with zero attached hydrogens (tertiary/aromatic N) is 4. The minimum Gasteiger partial charge on any atom is -0.396 e. The molecule has 114 valence electrons. The van der Waals surface area contributed by atoms with Crippen molar-refractivity contribution in [2.75, 3.05) is 6.61 Å². The van der Waals surface area contributed by atoms with Gasteiger partial charge in [-0.3, -0.25) is 4.79 Å². The van der Waals surface area contributed by atoms with Gasteiger partial charge >= 0.3 is 0 Å². The van der Waals surface area contributed by atoms with Crippen LogP contribution in [0.4, 0.5) is 0 Å². The van der Waals surface area contributed by atoms with Crippen LogP contribution >= 0.6 is 0 Å². The van der Waals surface area contributed by atoms with Gasteiger partial charge in [0.1, 0.15) is 0 Å². The van der Waals surface area contributed by atoms with Crippen LogP contribution in [-0.4, -0.2) is 36.7 Å². The molecule has 1 saturated carbocycles. The molecule has 0 aliphatic heterocycles. The van der Waals surface area contributed by atoms with E-state index < -0.39 is 0 Å². The fourth-order valence-electron chi connectivity index (χ4n) is 3.51. The zero-order valence-corrected chi connectivity index (χ0v) is 12.6. The minimum absolute atomic E-state index is 0.0127. The molecule has 3 rings (SSSR count). The Morgan fingerprint density at radius 2 is 2.24 bits per heavy atom. The van der Waals surface area contributed by atoms with Crippen molar-refractivity contribution in [3.63, 3.8) is 0 Å². The van der Waals surface area contributed by atoms with Crippen molar-refractivity contribution in [2.45, 2.75) is 40.2 Å². The number of aliphatic hydroxyl groups excluding tert-OH is 1. The zero-order valence-electron chi connectivity index (χ0n) is 12.6. The maximum atomic E-state index is 11.7. The van der Waals surface area contributed by atoms with Crippen LogP contribution in [0.25, 0.3) is 11.2 Å². The molecule has 0 bridgehead atoms. The van der Waals surface area contributed by atoms with Gasteiger partial charge in [-0.05, 0) is 29.6 Å². The van der Waals surface area contributed by atoms with Crippen LogP contribution in [0, 0.1) is 16.7 Å². The first kappa shape index (κ1) is 14.2. The Morgan fingerprint density at radius 1 is 1.48 bits per heavy atom. The van der Waals surface area contributed by atoms with Gasteiger partial charge < -0.3 is 10.1 Å². The summed E-state index contributed by atoms with van der Waals surface area (Å²) in [5.41, 5.74) is 0.487. The molecular weight excluding hydrogens is 270 g/mol. The van der Waals surface area contributed by atoms with Crippen molar-refractivity contribution in [1.29, 1.82) is 0 Å². The molecule has 2 heterocycles. The molecule has 21 heavy (non-hydrogen) atoms. The standard InChI is InChI=1S/C14H21N5O2/c1-13(2)9(6-20)4-5-14(13,3)7-19-11-10(17-18-19)12(21)16-8-15-11/h8-9,20H,4-7H2,1-3H3,(H,15,16,21)/t9-,14+/m1/s1. The predicted octanol–water partition coefficient (Wildman–Crippen LogP) is 0.949. The molecule has 2 aromatic rings. The summed E-state index contributed by atoms with van der Waals surface area (Å²) in [5, 5.41) is 17.6. The second-order valence-electron chi connectivity index (χ2n) is 6.85. The zero-order chi connectivity index (χ0) is 15.3. The Bertz CT molecular complexity index is 719. The van der Waals surface area contributed by atoms with Crippen LogP contribution in [0.5, 0.6) is 0 Å². The van der Waals surface area contributed by atoms with E-state index in [1.165, 1.54) is 6.33 Å². The molecule has 7 heteroatoms. The topological polar surface area (TPSA) is 96.7 Å². The van der Waals surface area contributed by atoms with Crippen LogP contribution in [-0.2, 0) is 6.54 Å². The number of rotatable bonds is 3. The molecule has 0 aromatic carbocycles. The highest BCUT2D eigenvalue weighted by molar-refractivity contribution is 5.67. The highest BCUT2D eigenvalue weighted by Gasteiger charge is 2.51. The van der Waals surface area contributed by atoms with Crippen molar-refractivity contribution in [3.8, 4) is 0 Å². The highest BCUT2D eigenvalue weighted by Crippen LogP contribution is 2.56. The van der Waals surface area contributed by atoms with Crippen LogP contribution in [0.2, 0.25) is 0 Å². The molecule has 1 fully saturated rings. The van der Waals surface area contributed by atoms with E-state index in [1.807, 2.05) is 0 Å². The molecule has 1 aliphatic carbocycles. The number of fused-ring (bicyclic) bond motifs is 1. The lowest BCUT2D eigenvalue weighted by Crippen LogP contribution is -2.39. The van der Waals surface area contributed by atoms with Gasteiger partial charge in [-0.2, -0.15) is 0 Å². The average Bonchev–Trinajstić information content (AvgIpc) is 2.92. The van der Waals surface area contributed by atoms with Gasteiger partial charge in [0, 0.05) is 6.61 Å². The van der Waals surface area contributed by atoms with Crippen LogP contribution in [0.1, 0.15) is 33.6 Å². The minimum atomic E-state index is -0.268. The Labute approximate surface area is 122 Å². The Hall–Kier alpha value is -1.76. The molecule has 2 aromatic heterocycles. The van der Waals surface area contributed by atoms with Crippen molar-refractivity contribution in [2.24, 2.45) is 16.7 Å². The fourth-order valence-corrected chi connectivity index (χ4v) is 3.51. The normalized spacial score (nSPS) is 28.3. The monoisotopic (exact) mass is 291 g/mol. The highest BCUT2D eigenvalue weighted by atomic mass is 16.3. The Balaban J connectivity index is 1.99. The van der Waals surface area contributed by atoms with E-state index in [4.69, 9.17) is 0 Å². The molecule has 2 atom stereocenters. The van der Waals surface area contributed by atoms with E-state index in [2.05, 4.69) is 41.1 Å². The molecule has 2 N–H and O–H groups in total. The third kappa shape index (κ3) is 1.98. The number of aromatic nitrogens is 5. The first-order valence-corrected chi connectivity index (χ1v) is 7.27. The summed E-state index contributed by atoms with van der Waals surface area (Å²) in [6.07, 6.45) is 3.39. The smallest absolute Gasteiger partial charge is 0.280 e. The maximum Gasteiger partial charge on any atom is 0.280 e. The second kappa shape index (κ2) is 4.62. The van der Waals surface area contributed by atoms with E-state index in [1.54, 1.807) is 4.68 Å². The third-order valence-corrected chi connectivity index (χ3v) is 5.65. The number of aliphatic hydroxyl groups is 1. The Morgan fingerprint density at radius 3 is 2.90 bits per heavy atom. The first-order chi connectivity index (χ1) is 9.89. The molecular formula is C14H21N5O2. The number of nitrogens with one attached hydrogen (secondary N) is 1. The summed E-state index contributed by atoms with van der Waals surface area (Å²) in [7, 11) is 0. The lowest BCUT2D eigenvalue weighted by atomic mass is 9.66. The van der Waals surface area contributed by atoms with Crippen LogP contribution in [0.3, 0.4) is 0 Å². The molecule has 0 amide bonds. The van der Waals surface area contributed by atoms with E-state index in [-0.39, 0.29) is 34.4 Å². The second-order valence-corrected chi connectivity index (χ2v) is 6.85.